The van der Waals surface area contributed by atoms with Crippen LogP contribution in [0.15, 0.2) is 47.7 Å². The number of carbonyl (C=O) groups is 1. The van der Waals surface area contributed by atoms with Gasteiger partial charge in [0.2, 0.25) is 5.88 Å². The Balaban J connectivity index is 1.28. The fourth-order valence-electron chi connectivity index (χ4n) is 4.30. The molecular weight excluding hydrogens is 434 g/mol. The molecule has 1 saturated heterocycles. The number of fused-ring (bicyclic) bond motifs is 1. The van der Waals surface area contributed by atoms with Gasteiger partial charge in [0.25, 0.3) is 5.91 Å². The van der Waals surface area contributed by atoms with Gasteiger partial charge in [-0.3, -0.25) is 9.78 Å². The molecule has 0 atom stereocenters. The molecule has 1 aliphatic carbocycles. The zero-order valence-corrected chi connectivity index (χ0v) is 19.1. The summed E-state index contributed by atoms with van der Waals surface area (Å²) in [5.41, 5.74) is 3.81. The SMILES string of the molecule is COc1cccc(C(=O)N=C2CCC(Oc3cc(N4CCOCC4)cc4nccnc34)CC2)n1. The van der Waals surface area contributed by atoms with Gasteiger partial charge in [-0.2, -0.15) is 0 Å². The molecule has 1 saturated carbocycles. The number of ether oxygens (including phenoxy) is 3. The molecule has 3 aromatic rings. The summed E-state index contributed by atoms with van der Waals surface area (Å²) in [6.07, 6.45) is 6.37. The van der Waals surface area contributed by atoms with E-state index in [1.165, 1.54) is 7.11 Å². The lowest BCUT2D eigenvalue weighted by atomic mass is 9.95. The molecule has 0 N–H and O–H groups in total. The highest BCUT2D eigenvalue weighted by Crippen LogP contribution is 2.32. The van der Waals surface area contributed by atoms with Crippen LogP contribution in [0, 0.1) is 0 Å². The van der Waals surface area contributed by atoms with Gasteiger partial charge in [0.05, 0.1) is 31.9 Å². The van der Waals surface area contributed by atoms with Gasteiger partial charge in [-0.15, -0.1) is 0 Å². The average Bonchev–Trinajstić information content (AvgIpc) is 2.90. The molecule has 9 heteroatoms. The first kappa shape index (κ1) is 22.2. The smallest absolute Gasteiger partial charge is 0.295 e. The molecule has 176 valence electrons. The van der Waals surface area contributed by atoms with E-state index >= 15 is 0 Å². The van der Waals surface area contributed by atoms with Gasteiger partial charge in [-0.1, -0.05) is 6.07 Å². The molecule has 1 aromatic carbocycles. The summed E-state index contributed by atoms with van der Waals surface area (Å²) in [5.74, 6) is 0.805. The maximum atomic E-state index is 12.5. The highest BCUT2D eigenvalue weighted by molar-refractivity contribution is 6.03. The van der Waals surface area contributed by atoms with Crippen LogP contribution >= 0.6 is 0 Å². The van der Waals surface area contributed by atoms with Crippen LogP contribution in [-0.4, -0.2) is 66.1 Å². The molecule has 1 aliphatic heterocycles. The lowest BCUT2D eigenvalue weighted by Crippen LogP contribution is -2.36. The van der Waals surface area contributed by atoms with Crippen molar-refractivity contribution in [3.8, 4) is 11.6 Å². The van der Waals surface area contributed by atoms with E-state index in [2.05, 4.69) is 37.0 Å². The zero-order valence-electron chi connectivity index (χ0n) is 19.1. The number of morpholine rings is 1. The number of hydrogen-bond acceptors (Lipinski definition) is 8. The molecule has 34 heavy (non-hydrogen) atoms. The van der Waals surface area contributed by atoms with Gasteiger partial charge in [-0.05, 0) is 37.8 Å². The third-order valence-corrected chi connectivity index (χ3v) is 6.11. The van der Waals surface area contributed by atoms with Gasteiger partial charge in [0.1, 0.15) is 17.0 Å². The van der Waals surface area contributed by atoms with E-state index < -0.39 is 0 Å². The summed E-state index contributed by atoms with van der Waals surface area (Å²) in [5, 5.41) is 0. The minimum atomic E-state index is -0.340. The van der Waals surface area contributed by atoms with Crippen molar-refractivity contribution in [1.82, 2.24) is 15.0 Å². The minimum Gasteiger partial charge on any atom is -0.488 e. The molecular formula is C25H27N5O4. The van der Waals surface area contributed by atoms with E-state index in [9.17, 15) is 4.79 Å². The van der Waals surface area contributed by atoms with E-state index in [1.807, 2.05) is 0 Å². The van der Waals surface area contributed by atoms with Crippen LogP contribution in [0.2, 0.25) is 0 Å². The Morgan fingerprint density at radius 3 is 2.71 bits per heavy atom. The van der Waals surface area contributed by atoms with Crippen LogP contribution in [0.25, 0.3) is 11.0 Å². The Morgan fingerprint density at radius 2 is 1.91 bits per heavy atom. The largest absolute Gasteiger partial charge is 0.488 e. The summed E-state index contributed by atoms with van der Waals surface area (Å²) < 4.78 is 17.0. The standard InChI is InChI=1S/C25H27N5O4/c1-32-23-4-2-3-20(29-23)25(31)28-17-5-7-19(8-6-17)34-22-16-18(30-11-13-33-14-12-30)15-21-24(22)27-10-9-26-21/h2-4,9-10,15-16,19H,5-8,11-14H2,1H3. The van der Waals surface area contributed by atoms with Crippen LogP contribution in [-0.2, 0) is 4.74 Å². The van der Waals surface area contributed by atoms with Crippen molar-refractivity contribution in [1.29, 1.82) is 0 Å². The summed E-state index contributed by atoms with van der Waals surface area (Å²) in [4.78, 5) is 32.3. The second-order valence-corrected chi connectivity index (χ2v) is 8.33. The van der Waals surface area contributed by atoms with E-state index in [0.29, 0.717) is 31.9 Å². The molecule has 9 nitrogen and oxygen atoms in total. The molecule has 0 spiro atoms. The molecule has 2 fully saturated rings. The van der Waals surface area contributed by atoms with Crippen molar-refractivity contribution in [2.24, 2.45) is 4.99 Å². The lowest BCUT2D eigenvalue weighted by Gasteiger charge is -2.30. The predicted octanol–water partition coefficient (Wildman–Crippen LogP) is 3.47. The number of aromatic nitrogens is 3. The quantitative estimate of drug-likeness (QED) is 0.570. The Kier molecular flexibility index (Phi) is 6.62. The molecule has 0 bridgehead atoms. The number of carbonyl (C=O) groups excluding carboxylic acids is 1. The Hall–Kier alpha value is -3.59. The number of rotatable bonds is 5. The highest BCUT2D eigenvalue weighted by atomic mass is 16.5. The first-order valence-electron chi connectivity index (χ1n) is 11.6. The second-order valence-electron chi connectivity index (χ2n) is 8.33. The minimum absolute atomic E-state index is 0.0224. The third kappa shape index (κ3) is 4.99. The predicted molar refractivity (Wildman–Crippen MR) is 128 cm³/mol. The molecule has 2 aliphatic rings. The van der Waals surface area contributed by atoms with Crippen molar-refractivity contribution in [2.45, 2.75) is 31.8 Å². The molecule has 5 rings (SSSR count). The van der Waals surface area contributed by atoms with Crippen LogP contribution in [0.3, 0.4) is 0 Å². The van der Waals surface area contributed by atoms with Crippen molar-refractivity contribution >= 4 is 28.3 Å². The number of pyridine rings is 1. The zero-order chi connectivity index (χ0) is 23.3. The summed E-state index contributed by atoms with van der Waals surface area (Å²) in [7, 11) is 1.52. The number of methoxy groups -OCH3 is 1. The molecule has 2 aromatic heterocycles. The Bertz CT molecular complexity index is 1200. The molecule has 0 unspecified atom stereocenters. The van der Waals surface area contributed by atoms with Gasteiger partial charge in [0, 0.05) is 49.0 Å². The van der Waals surface area contributed by atoms with Crippen LogP contribution in [0.5, 0.6) is 11.6 Å². The normalized spacial score (nSPS) is 18.6. The van der Waals surface area contributed by atoms with E-state index in [1.54, 1.807) is 30.6 Å². The summed E-state index contributed by atoms with van der Waals surface area (Å²) >= 11 is 0. The van der Waals surface area contributed by atoms with Crippen LogP contribution < -0.4 is 14.4 Å². The van der Waals surface area contributed by atoms with Gasteiger partial charge < -0.3 is 19.1 Å². The number of benzene rings is 1. The van der Waals surface area contributed by atoms with Crippen molar-refractivity contribution in [3.63, 3.8) is 0 Å². The first-order valence-corrected chi connectivity index (χ1v) is 11.6. The molecule has 3 heterocycles. The fraction of sp³-hybridized carbons (Fsp3) is 0.400. The monoisotopic (exact) mass is 461 g/mol. The lowest BCUT2D eigenvalue weighted by molar-refractivity contribution is 0.0995. The Morgan fingerprint density at radius 1 is 1.12 bits per heavy atom. The number of amides is 1. The van der Waals surface area contributed by atoms with E-state index in [0.717, 1.165) is 54.1 Å². The third-order valence-electron chi connectivity index (χ3n) is 6.11. The fourth-order valence-corrected chi connectivity index (χ4v) is 4.30. The van der Waals surface area contributed by atoms with Crippen molar-refractivity contribution in [2.75, 3.05) is 38.3 Å². The number of aliphatic imine (C=N–C) groups is 1. The van der Waals surface area contributed by atoms with E-state index in [-0.39, 0.29) is 17.7 Å². The van der Waals surface area contributed by atoms with Crippen LogP contribution in [0.4, 0.5) is 5.69 Å². The number of hydrogen-bond donors (Lipinski definition) is 0. The summed E-state index contributed by atoms with van der Waals surface area (Å²) in [6, 6.07) is 9.21. The first-order chi connectivity index (χ1) is 16.7. The van der Waals surface area contributed by atoms with E-state index in [4.69, 9.17) is 14.2 Å². The van der Waals surface area contributed by atoms with Crippen LogP contribution in [0.1, 0.15) is 36.2 Å². The molecule has 1 amide bonds. The Labute approximate surface area is 197 Å². The topological polar surface area (TPSA) is 99.0 Å². The maximum absolute atomic E-state index is 12.5. The highest BCUT2D eigenvalue weighted by Gasteiger charge is 2.23. The maximum Gasteiger partial charge on any atom is 0.295 e. The second kappa shape index (κ2) is 10.1. The number of nitrogens with zero attached hydrogens (tertiary/aromatic N) is 5. The van der Waals surface area contributed by atoms with Crippen molar-refractivity contribution in [3.05, 3.63) is 48.4 Å². The summed E-state index contributed by atoms with van der Waals surface area (Å²) in [6.45, 7) is 3.10. The van der Waals surface area contributed by atoms with Gasteiger partial charge in [-0.25, -0.2) is 15.0 Å². The van der Waals surface area contributed by atoms with Gasteiger partial charge >= 0.3 is 0 Å². The number of anilines is 1. The molecule has 0 radical (unpaired) electrons. The average molecular weight is 462 g/mol. The van der Waals surface area contributed by atoms with Gasteiger partial charge in [0.15, 0.2) is 0 Å². The van der Waals surface area contributed by atoms with Crippen molar-refractivity contribution < 1.29 is 19.0 Å².